The van der Waals surface area contributed by atoms with E-state index in [1.54, 1.807) is 0 Å². The van der Waals surface area contributed by atoms with Gasteiger partial charge >= 0.3 is 0 Å². The fourth-order valence-corrected chi connectivity index (χ4v) is 2.41. The first-order valence-corrected chi connectivity index (χ1v) is 6.42. The maximum Gasteiger partial charge on any atom is 0.0954 e. The average molecular weight is 220 g/mol. The van der Waals surface area contributed by atoms with Crippen LogP contribution in [-0.2, 0) is 4.74 Å². The minimum absolute atomic E-state index is 0.136. The Morgan fingerprint density at radius 1 is 1.25 bits per heavy atom. The van der Waals surface area contributed by atoms with E-state index in [4.69, 9.17) is 4.74 Å². The third kappa shape index (κ3) is 2.76. The predicted octanol–water partition coefficient (Wildman–Crippen LogP) is 4.25. The van der Waals surface area contributed by atoms with Gasteiger partial charge in [-0.05, 0) is 44.9 Å². The Labute approximate surface area is 99.6 Å². The molecule has 1 heteroatoms. The van der Waals surface area contributed by atoms with Crippen LogP contribution < -0.4 is 0 Å². The maximum atomic E-state index is 5.82. The Morgan fingerprint density at radius 3 is 2.75 bits per heavy atom. The van der Waals surface area contributed by atoms with Crippen molar-refractivity contribution >= 4 is 0 Å². The first-order valence-electron chi connectivity index (χ1n) is 6.42. The van der Waals surface area contributed by atoms with Crippen LogP contribution in [0.15, 0.2) is 23.8 Å². The molecule has 1 saturated heterocycles. The molecule has 0 amide bonds. The maximum absolute atomic E-state index is 5.82. The highest BCUT2D eigenvalue weighted by Crippen LogP contribution is 2.43. The largest absolute Gasteiger partial charge is 0.366 e. The summed E-state index contributed by atoms with van der Waals surface area (Å²) in [6.45, 7) is 9.10. The lowest BCUT2D eigenvalue weighted by molar-refractivity contribution is 0.306. The van der Waals surface area contributed by atoms with Gasteiger partial charge in [-0.15, -0.1) is 0 Å². The zero-order chi connectivity index (χ0) is 11.8. The summed E-state index contributed by atoms with van der Waals surface area (Å²) in [5.41, 5.74) is 1.94. The lowest BCUT2D eigenvalue weighted by atomic mass is 9.87. The summed E-state index contributed by atoms with van der Waals surface area (Å²) in [5, 5.41) is 0. The molecule has 2 rings (SSSR count). The molecule has 0 aromatic heterocycles. The molecule has 1 nitrogen and oxygen atoms in total. The van der Waals surface area contributed by atoms with E-state index in [-0.39, 0.29) is 11.0 Å². The van der Waals surface area contributed by atoms with Gasteiger partial charge in [0, 0.05) is 0 Å². The van der Waals surface area contributed by atoms with Crippen LogP contribution in [0.25, 0.3) is 0 Å². The molecule has 1 heterocycles. The molecule has 0 spiro atoms. The molecule has 1 aliphatic heterocycles. The predicted molar refractivity (Wildman–Crippen MR) is 68.4 cm³/mol. The number of hydrogen-bond acceptors (Lipinski definition) is 1. The second kappa shape index (κ2) is 4.03. The van der Waals surface area contributed by atoms with E-state index in [0.29, 0.717) is 6.10 Å². The summed E-state index contributed by atoms with van der Waals surface area (Å²) >= 11 is 0. The summed E-state index contributed by atoms with van der Waals surface area (Å²) in [6.07, 6.45) is 12.2. The fourth-order valence-electron chi connectivity index (χ4n) is 2.41. The molecule has 0 aromatic rings. The number of rotatable bonds is 0. The number of allylic oxidation sites excluding steroid dienone is 3. The van der Waals surface area contributed by atoms with Gasteiger partial charge in [-0.25, -0.2) is 0 Å². The van der Waals surface area contributed by atoms with Crippen LogP contribution >= 0.6 is 0 Å². The van der Waals surface area contributed by atoms with Gasteiger partial charge in [0.1, 0.15) is 0 Å². The van der Waals surface area contributed by atoms with Gasteiger partial charge < -0.3 is 4.74 Å². The SMILES string of the molecule is C/C1=C\CC(C)(C)/C=C/CC2(C)O[C@H]2CC1. The number of epoxide rings is 1. The van der Waals surface area contributed by atoms with Gasteiger partial charge in [-0.2, -0.15) is 0 Å². The number of fused-ring (bicyclic) bond motifs is 1. The highest BCUT2D eigenvalue weighted by Gasteiger charge is 2.50. The van der Waals surface area contributed by atoms with Crippen LogP contribution in [0.1, 0.15) is 53.4 Å². The van der Waals surface area contributed by atoms with E-state index in [1.807, 2.05) is 0 Å². The first-order chi connectivity index (χ1) is 7.41. The molecular weight excluding hydrogens is 196 g/mol. The standard InChI is InChI=1S/C15H24O/c1-12-6-7-13-15(4,16-13)10-5-9-14(2,3)11-8-12/h5,8-9,13H,6-7,10-11H2,1-4H3/b9-5+,12-8+/t13-,15?/m0/s1. The van der Waals surface area contributed by atoms with Gasteiger partial charge in [0.2, 0.25) is 0 Å². The second-order valence-electron chi connectivity index (χ2n) is 6.31. The minimum Gasteiger partial charge on any atom is -0.366 e. The van der Waals surface area contributed by atoms with E-state index in [9.17, 15) is 0 Å². The zero-order valence-corrected chi connectivity index (χ0v) is 11.0. The van der Waals surface area contributed by atoms with Gasteiger partial charge in [-0.1, -0.05) is 37.6 Å². The van der Waals surface area contributed by atoms with E-state index >= 15 is 0 Å². The van der Waals surface area contributed by atoms with Crippen LogP contribution in [-0.4, -0.2) is 11.7 Å². The van der Waals surface area contributed by atoms with Crippen LogP contribution in [0, 0.1) is 5.41 Å². The number of hydrogen-bond donors (Lipinski definition) is 0. The van der Waals surface area contributed by atoms with Crippen molar-refractivity contribution in [3.05, 3.63) is 23.8 Å². The van der Waals surface area contributed by atoms with E-state index in [0.717, 1.165) is 12.8 Å². The highest BCUT2D eigenvalue weighted by molar-refractivity contribution is 5.11. The van der Waals surface area contributed by atoms with Crippen molar-refractivity contribution < 1.29 is 4.74 Å². The van der Waals surface area contributed by atoms with Crippen LogP contribution in [0.4, 0.5) is 0 Å². The molecule has 90 valence electrons. The average Bonchev–Trinajstić information content (AvgIpc) is 2.82. The number of ether oxygens (including phenoxy) is 1. The van der Waals surface area contributed by atoms with Crippen molar-refractivity contribution in [1.82, 2.24) is 0 Å². The zero-order valence-electron chi connectivity index (χ0n) is 11.0. The van der Waals surface area contributed by atoms with E-state index < -0.39 is 0 Å². The molecule has 0 bridgehead atoms. The van der Waals surface area contributed by atoms with Gasteiger partial charge in [0.25, 0.3) is 0 Å². The third-order valence-electron chi connectivity index (χ3n) is 3.91. The van der Waals surface area contributed by atoms with E-state index in [2.05, 4.69) is 45.9 Å². The van der Waals surface area contributed by atoms with Crippen molar-refractivity contribution in [2.24, 2.45) is 5.41 Å². The molecule has 1 fully saturated rings. The molecule has 2 atom stereocenters. The van der Waals surface area contributed by atoms with Crippen molar-refractivity contribution in [2.45, 2.75) is 65.1 Å². The fraction of sp³-hybridized carbons (Fsp3) is 0.733. The summed E-state index contributed by atoms with van der Waals surface area (Å²) in [5.74, 6) is 0. The molecule has 0 aromatic carbocycles. The lowest BCUT2D eigenvalue weighted by Crippen LogP contribution is -2.09. The van der Waals surface area contributed by atoms with Crippen LogP contribution in [0.5, 0.6) is 0 Å². The lowest BCUT2D eigenvalue weighted by Gasteiger charge is -2.18. The molecule has 0 saturated carbocycles. The highest BCUT2D eigenvalue weighted by atomic mass is 16.6. The smallest absolute Gasteiger partial charge is 0.0954 e. The summed E-state index contributed by atoms with van der Waals surface area (Å²) < 4.78 is 5.82. The molecule has 0 radical (unpaired) electrons. The van der Waals surface area contributed by atoms with Crippen LogP contribution in [0.3, 0.4) is 0 Å². The van der Waals surface area contributed by atoms with Crippen molar-refractivity contribution in [1.29, 1.82) is 0 Å². The Hall–Kier alpha value is -0.560. The minimum atomic E-state index is 0.136. The first kappa shape index (κ1) is 11.9. The Kier molecular flexibility index (Phi) is 3.00. The topological polar surface area (TPSA) is 12.5 Å². The molecule has 0 N–H and O–H groups in total. The molecule has 2 aliphatic rings. The quantitative estimate of drug-likeness (QED) is 0.439. The van der Waals surface area contributed by atoms with Crippen molar-refractivity contribution in [2.75, 3.05) is 0 Å². The van der Waals surface area contributed by atoms with Gasteiger partial charge in [-0.3, -0.25) is 0 Å². The van der Waals surface area contributed by atoms with Crippen molar-refractivity contribution in [3.8, 4) is 0 Å². The summed E-state index contributed by atoms with van der Waals surface area (Å²) in [4.78, 5) is 0. The molecule has 1 unspecified atom stereocenters. The molecule has 16 heavy (non-hydrogen) atoms. The van der Waals surface area contributed by atoms with Crippen LogP contribution in [0.2, 0.25) is 0 Å². The summed E-state index contributed by atoms with van der Waals surface area (Å²) in [7, 11) is 0. The van der Waals surface area contributed by atoms with Gasteiger partial charge in [0.15, 0.2) is 0 Å². The Bertz CT molecular complexity index is 324. The normalized spacial score (nSPS) is 43.5. The second-order valence-corrected chi connectivity index (χ2v) is 6.31. The van der Waals surface area contributed by atoms with E-state index in [1.165, 1.54) is 18.4 Å². The molecular formula is C15H24O. The Balaban J connectivity index is 2.11. The monoisotopic (exact) mass is 220 g/mol. The third-order valence-corrected chi connectivity index (χ3v) is 3.91. The van der Waals surface area contributed by atoms with Crippen molar-refractivity contribution in [3.63, 3.8) is 0 Å². The summed E-state index contributed by atoms with van der Waals surface area (Å²) in [6, 6.07) is 0. The molecule has 1 aliphatic carbocycles. The van der Waals surface area contributed by atoms with Gasteiger partial charge in [0.05, 0.1) is 11.7 Å². The Morgan fingerprint density at radius 2 is 2.00 bits per heavy atom.